The first-order valence-corrected chi connectivity index (χ1v) is 11.5. The summed E-state index contributed by atoms with van der Waals surface area (Å²) < 4.78 is 32.3. The molecule has 2 aromatic rings. The lowest BCUT2D eigenvalue weighted by Gasteiger charge is -2.29. The van der Waals surface area contributed by atoms with Crippen molar-refractivity contribution in [2.45, 2.75) is 30.8 Å². The normalized spacial score (nSPS) is 15.9. The van der Waals surface area contributed by atoms with Gasteiger partial charge >= 0.3 is 0 Å². The van der Waals surface area contributed by atoms with Gasteiger partial charge < -0.3 is 15.0 Å². The summed E-state index contributed by atoms with van der Waals surface area (Å²) in [4.78, 5) is 14.8. The van der Waals surface area contributed by atoms with Crippen molar-refractivity contribution in [3.8, 4) is 5.75 Å². The van der Waals surface area contributed by atoms with E-state index in [-0.39, 0.29) is 17.5 Å². The van der Waals surface area contributed by atoms with Gasteiger partial charge in [0.15, 0.2) is 0 Å². The summed E-state index contributed by atoms with van der Waals surface area (Å²) in [6.07, 6.45) is 2.20. The molecular formula is C22H29N3O4S. The Labute approximate surface area is 178 Å². The number of nitrogens with one attached hydrogen (secondary N) is 1. The molecule has 7 nitrogen and oxygen atoms in total. The maximum atomic E-state index is 12.6. The molecule has 0 aromatic heterocycles. The molecule has 0 radical (unpaired) electrons. The van der Waals surface area contributed by atoms with Crippen LogP contribution in [0.25, 0.3) is 0 Å². The highest BCUT2D eigenvalue weighted by atomic mass is 32.2. The lowest BCUT2D eigenvalue weighted by molar-refractivity contribution is -0.116. The van der Waals surface area contributed by atoms with Crippen LogP contribution in [-0.4, -0.2) is 63.4 Å². The molecular weight excluding hydrogens is 402 g/mol. The SMILES string of the molecule is Cc1ccc(S(=O)(=O)N(C)CC(=O)Nc2ccc(OC3CCN(C)CC3)cc2)cc1. The van der Waals surface area contributed by atoms with E-state index in [9.17, 15) is 13.2 Å². The minimum absolute atomic E-state index is 0.166. The van der Waals surface area contributed by atoms with E-state index in [1.165, 1.54) is 7.05 Å². The fourth-order valence-corrected chi connectivity index (χ4v) is 4.42. The summed E-state index contributed by atoms with van der Waals surface area (Å²) in [6.45, 7) is 3.66. The number of likely N-dealkylation sites (N-methyl/N-ethyl adjacent to an activating group) is 1. The summed E-state index contributed by atoms with van der Waals surface area (Å²) in [7, 11) is -0.217. The van der Waals surface area contributed by atoms with Crippen LogP contribution in [0.1, 0.15) is 18.4 Å². The average molecular weight is 432 g/mol. The van der Waals surface area contributed by atoms with Gasteiger partial charge in [-0.25, -0.2) is 8.42 Å². The van der Waals surface area contributed by atoms with Crippen LogP contribution in [0.4, 0.5) is 5.69 Å². The number of benzene rings is 2. The van der Waals surface area contributed by atoms with Gasteiger partial charge in [0.1, 0.15) is 11.9 Å². The van der Waals surface area contributed by atoms with Crippen molar-refractivity contribution in [1.82, 2.24) is 9.21 Å². The zero-order valence-corrected chi connectivity index (χ0v) is 18.5. The smallest absolute Gasteiger partial charge is 0.243 e. The molecule has 1 N–H and O–H groups in total. The fourth-order valence-electron chi connectivity index (χ4n) is 3.29. The average Bonchev–Trinajstić information content (AvgIpc) is 2.71. The highest BCUT2D eigenvalue weighted by Gasteiger charge is 2.23. The first-order valence-electron chi connectivity index (χ1n) is 10.0. The summed E-state index contributed by atoms with van der Waals surface area (Å²) in [6, 6.07) is 13.7. The van der Waals surface area contributed by atoms with Crippen molar-refractivity contribution in [2.24, 2.45) is 0 Å². The highest BCUT2D eigenvalue weighted by molar-refractivity contribution is 7.89. The van der Waals surface area contributed by atoms with Crippen LogP contribution in [0.2, 0.25) is 0 Å². The van der Waals surface area contributed by atoms with E-state index in [1.54, 1.807) is 36.4 Å². The number of rotatable bonds is 7. The Kier molecular flexibility index (Phi) is 7.12. The monoisotopic (exact) mass is 431 g/mol. The quantitative estimate of drug-likeness (QED) is 0.729. The van der Waals surface area contributed by atoms with Gasteiger partial charge in [-0.15, -0.1) is 0 Å². The number of piperidine rings is 1. The predicted octanol–water partition coefficient (Wildman–Crippen LogP) is 2.73. The third-order valence-electron chi connectivity index (χ3n) is 5.20. The Balaban J connectivity index is 1.53. The van der Waals surface area contributed by atoms with E-state index in [4.69, 9.17) is 4.74 Å². The standard InChI is InChI=1S/C22H29N3O4S/c1-17-4-10-21(11-5-17)30(27,28)25(3)16-22(26)23-18-6-8-19(9-7-18)29-20-12-14-24(2)15-13-20/h4-11,20H,12-16H2,1-3H3,(H,23,26). The second-order valence-corrected chi connectivity index (χ2v) is 9.81. The van der Waals surface area contributed by atoms with Crippen molar-refractivity contribution < 1.29 is 17.9 Å². The Morgan fingerprint density at radius 2 is 1.70 bits per heavy atom. The summed E-state index contributed by atoms with van der Waals surface area (Å²) in [5.74, 6) is 0.360. The number of amides is 1. The van der Waals surface area contributed by atoms with Gasteiger partial charge in [0.25, 0.3) is 0 Å². The van der Waals surface area contributed by atoms with Gasteiger partial charge in [-0.1, -0.05) is 17.7 Å². The Morgan fingerprint density at radius 3 is 2.30 bits per heavy atom. The number of carbonyl (C=O) groups excluding carboxylic acids is 1. The van der Waals surface area contributed by atoms with Crippen molar-refractivity contribution in [3.05, 3.63) is 54.1 Å². The third kappa shape index (κ3) is 5.81. The van der Waals surface area contributed by atoms with Crippen LogP contribution in [0.3, 0.4) is 0 Å². The Bertz CT molecular complexity index is 951. The summed E-state index contributed by atoms with van der Waals surface area (Å²) >= 11 is 0. The molecule has 0 atom stereocenters. The molecule has 1 saturated heterocycles. The van der Waals surface area contributed by atoms with Crippen molar-refractivity contribution in [1.29, 1.82) is 0 Å². The zero-order valence-electron chi connectivity index (χ0n) is 17.7. The molecule has 1 aliphatic rings. The zero-order chi connectivity index (χ0) is 21.7. The molecule has 0 spiro atoms. The number of nitrogens with zero attached hydrogens (tertiary/aromatic N) is 2. The second-order valence-electron chi connectivity index (χ2n) is 7.77. The number of sulfonamides is 1. The van der Waals surface area contributed by atoms with E-state index in [1.807, 2.05) is 19.1 Å². The Hall–Kier alpha value is -2.42. The molecule has 8 heteroatoms. The van der Waals surface area contributed by atoms with Crippen LogP contribution < -0.4 is 10.1 Å². The number of hydrogen-bond donors (Lipinski definition) is 1. The minimum atomic E-state index is -3.72. The summed E-state index contributed by atoms with van der Waals surface area (Å²) in [5, 5.41) is 2.73. The molecule has 0 bridgehead atoms. The van der Waals surface area contributed by atoms with E-state index in [0.717, 1.165) is 41.5 Å². The van der Waals surface area contributed by atoms with Crippen LogP contribution in [0.15, 0.2) is 53.4 Å². The second kappa shape index (κ2) is 9.59. The van der Waals surface area contributed by atoms with E-state index >= 15 is 0 Å². The highest BCUT2D eigenvalue weighted by Crippen LogP contribution is 2.21. The van der Waals surface area contributed by atoms with Crippen molar-refractivity contribution in [2.75, 3.05) is 39.0 Å². The molecule has 1 aliphatic heterocycles. The van der Waals surface area contributed by atoms with Gasteiger partial charge in [0.05, 0.1) is 11.4 Å². The van der Waals surface area contributed by atoms with E-state index in [2.05, 4.69) is 17.3 Å². The minimum Gasteiger partial charge on any atom is -0.490 e. The van der Waals surface area contributed by atoms with Crippen LogP contribution in [0.5, 0.6) is 5.75 Å². The van der Waals surface area contributed by atoms with Gasteiger partial charge in [0, 0.05) is 25.8 Å². The van der Waals surface area contributed by atoms with Gasteiger partial charge in [-0.05, 0) is 63.2 Å². The molecule has 1 heterocycles. The maximum absolute atomic E-state index is 12.6. The first kappa shape index (κ1) is 22.3. The number of carbonyl (C=O) groups is 1. The molecule has 2 aromatic carbocycles. The number of hydrogen-bond acceptors (Lipinski definition) is 5. The molecule has 1 fully saturated rings. The molecule has 1 amide bonds. The number of ether oxygens (including phenoxy) is 1. The van der Waals surface area contributed by atoms with Crippen LogP contribution >= 0.6 is 0 Å². The largest absolute Gasteiger partial charge is 0.490 e. The number of likely N-dealkylation sites (tertiary alicyclic amines) is 1. The van der Waals surface area contributed by atoms with Gasteiger partial charge in [0.2, 0.25) is 15.9 Å². The van der Waals surface area contributed by atoms with Crippen molar-refractivity contribution in [3.63, 3.8) is 0 Å². The molecule has 0 saturated carbocycles. The van der Waals surface area contributed by atoms with Crippen LogP contribution in [0, 0.1) is 6.92 Å². The maximum Gasteiger partial charge on any atom is 0.243 e. The number of aryl methyl sites for hydroxylation is 1. The summed E-state index contributed by atoms with van der Waals surface area (Å²) in [5.41, 5.74) is 1.56. The van der Waals surface area contributed by atoms with E-state index in [0.29, 0.717) is 5.69 Å². The number of anilines is 1. The van der Waals surface area contributed by atoms with Gasteiger partial charge in [-0.3, -0.25) is 4.79 Å². The molecule has 0 unspecified atom stereocenters. The molecule has 3 rings (SSSR count). The lowest BCUT2D eigenvalue weighted by Crippen LogP contribution is -2.35. The molecule has 162 valence electrons. The first-order chi connectivity index (χ1) is 14.2. The predicted molar refractivity (Wildman–Crippen MR) is 117 cm³/mol. The third-order valence-corrected chi connectivity index (χ3v) is 7.02. The topological polar surface area (TPSA) is 79.0 Å². The van der Waals surface area contributed by atoms with Crippen molar-refractivity contribution >= 4 is 21.6 Å². The molecule has 0 aliphatic carbocycles. The van der Waals surface area contributed by atoms with Crippen LogP contribution in [-0.2, 0) is 14.8 Å². The Morgan fingerprint density at radius 1 is 1.10 bits per heavy atom. The van der Waals surface area contributed by atoms with Gasteiger partial charge in [-0.2, -0.15) is 4.31 Å². The van der Waals surface area contributed by atoms with E-state index < -0.39 is 15.9 Å². The fraction of sp³-hybridized carbons (Fsp3) is 0.409. The molecule has 30 heavy (non-hydrogen) atoms. The lowest BCUT2D eigenvalue weighted by atomic mass is 10.1.